The smallest absolute Gasteiger partial charge is 0.486 e. The Hall–Kier alpha value is -3.17. The zero-order chi connectivity index (χ0) is 14.8. The zero-order valence-electron chi connectivity index (χ0n) is 10.4. The minimum Gasteiger partial charge on any atom is -0.486 e. The van der Waals surface area contributed by atoms with Crippen molar-refractivity contribution in [3.8, 4) is 17.5 Å². The third kappa shape index (κ3) is 2.73. The Balaban J connectivity index is 1.98. The molecule has 1 aliphatic heterocycles. The molecule has 0 spiro atoms. The normalized spacial score (nSPS) is 14.0. The molecule has 0 aliphatic carbocycles. The lowest BCUT2D eigenvalue weighted by atomic mass is 10.2. The molecular weight excluding hydrogens is 284 g/mol. The first-order valence-electron chi connectivity index (χ1n) is 5.82. The minimum atomic E-state index is -1.15. The number of hydrogen-bond acceptors (Lipinski definition) is 8. The lowest BCUT2D eigenvalue weighted by molar-refractivity contribution is 0.142. The van der Waals surface area contributed by atoms with E-state index in [-0.39, 0.29) is 24.1 Å². The number of aromatic nitrogens is 4. The Kier molecular flexibility index (Phi) is 3.10. The summed E-state index contributed by atoms with van der Waals surface area (Å²) in [6.07, 6.45) is 1.57. The number of fused-ring (bicyclic) bond motifs is 2. The fraction of sp³-hybridized carbons (Fsp3) is 0.182. The Morgan fingerprint density at radius 1 is 0.952 bits per heavy atom. The SMILES string of the molecule is O=C1Oc2[nH]c(=O)ncc2CCOc2cnc(=O)[nH]c2O1. The van der Waals surface area contributed by atoms with Gasteiger partial charge in [0.05, 0.1) is 12.8 Å². The van der Waals surface area contributed by atoms with Crippen molar-refractivity contribution in [1.82, 2.24) is 19.9 Å². The molecule has 0 amide bonds. The van der Waals surface area contributed by atoms with Gasteiger partial charge in [-0.05, 0) is 0 Å². The predicted molar refractivity (Wildman–Crippen MR) is 65.6 cm³/mol. The van der Waals surface area contributed by atoms with Crippen molar-refractivity contribution >= 4 is 6.16 Å². The summed E-state index contributed by atoms with van der Waals surface area (Å²) in [5.41, 5.74) is -0.912. The quantitative estimate of drug-likeness (QED) is 0.612. The standard InChI is InChI=1S/C11H8N4O6/c16-9-12-3-5-1-2-19-6-4-13-10(17)15-8(6)21-11(18)20-7(5)14-9/h3-4H,1-2H2,(H,12,14,16)(H,13,15,17). The van der Waals surface area contributed by atoms with Gasteiger partial charge >= 0.3 is 17.5 Å². The van der Waals surface area contributed by atoms with Crippen molar-refractivity contribution in [3.05, 3.63) is 38.9 Å². The molecule has 2 aromatic heterocycles. The second-order valence-electron chi connectivity index (χ2n) is 3.98. The number of H-pyrrole nitrogens is 2. The van der Waals surface area contributed by atoms with Crippen LogP contribution in [0.15, 0.2) is 22.0 Å². The Morgan fingerprint density at radius 2 is 1.62 bits per heavy atom. The lowest BCUT2D eigenvalue weighted by Gasteiger charge is -2.14. The molecule has 0 saturated carbocycles. The Morgan fingerprint density at radius 3 is 2.43 bits per heavy atom. The van der Waals surface area contributed by atoms with Crippen LogP contribution in [-0.4, -0.2) is 32.7 Å². The molecule has 3 rings (SSSR count). The highest BCUT2D eigenvalue weighted by atomic mass is 16.7. The molecule has 21 heavy (non-hydrogen) atoms. The average Bonchev–Trinajstić information content (AvgIpc) is 2.43. The summed E-state index contributed by atoms with van der Waals surface area (Å²) in [4.78, 5) is 45.5. The molecular formula is C11H8N4O6. The molecule has 2 aromatic rings. The summed E-state index contributed by atoms with van der Waals surface area (Å²) in [6, 6.07) is 0. The molecule has 10 nitrogen and oxygen atoms in total. The van der Waals surface area contributed by atoms with Crippen LogP contribution in [0, 0.1) is 0 Å². The molecule has 0 fully saturated rings. The first-order valence-corrected chi connectivity index (χ1v) is 5.82. The van der Waals surface area contributed by atoms with Crippen molar-refractivity contribution in [2.45, 2.75) is 6.42 Å². The van der Waals surface area contributed by atoms with Crippen molar-refractivity contribution in [2.75, 3.05) is 6.61 Å². The van der Waals surface area contributed by atoms with Crippen LogP contribution in [0.25, 0.3) is 0 Å². The van der Waals surface area contributed by atoms with E-state index in [1.54, 1.807) is 0 Å². The van der Waals surface area contributed by atoms with Crippen LogP contribution in [0.3, 0.4) is 0 Å². The van der Waals surface area contributed by atoms with Gasteiger partial charge in [-0.2, -0.15) is 4.98 Å². The van der Waals surface area contributed by atoms with E-state index in [1.807, 2.05) is 0 Å². The second-order valence-corrected chi connectivity index (χ2v) is 3.98. The van der Waals surface area contributed by atoms with Crippen molar-refractivity contribution in [3.63, 3.8) is 0 Å². The number of rotatable bonds is 0. The first-order chi connectivity index (χ1) is 10.1. The third-order valence-electron chi connectivity index (χ3n) is 2.59. The van der Waals surface area contributed by atoms with Gasteiger partial charge < -0.3 is 14.2 Å². The van der Waals surface area contributed by atoms with Crippen LogP contribution in [0.5, 0.6) is 17.5 Å². The number of ether oxygens (including phenoxy) is 3. The van der Waals surface area contributed by atoms with Gasteiger partial charge in [0.1, 0.15) is 0 Å². The first kappa shape index (κ1) is 12.8. The van der Waals surface area contributed by atoms with Gasteiger partial charge in [-0.1, -0.05) is 0 Å². The molecule has 1 aliphatic rings. The maximum atomic E-state index is 11.7. The Bertz CT molecular complexity index is 745. The van der Waals surface area contributed by atoms with E-state index in [0.29, 0.717) is 12.0 Å². The van der Waals surface area contributed by atoms with Gasteiger partial charge in [0.15, 0.2) is 5.75 Å². The molecule has 0 unspecified atom stereocenters. The zero-order valence-corrected chi connectivity index (χ0v) is 10.4. The number of carbonyl (C=O) groups is 1. The Labute approximate surface area is 115 Å². The van der Waals surface area contributed by atoms with Crippen LogP contribution < -0.4 is 25.6 Å². The largest absolute Gasteiger partial charge is 0.522 e. The monoisotopic (exact) mass is 292 g/mol. The van der Waals surface area contributed by atoms with Gasteiger partial charge in [-0.3, -0.25) is 9.97 Å². The number of hydrogen-bond donors (Lipinski definition) is 2. The van der Waals surface area contributed by atoms with E-state index in [1.165, 1.54) is 6.20 Å². The summed E-state index contributed by atoms with van der Waals surface area (Å²) in [6.45, 7) is 0.169. The van der Waals surface area contributed by atoms with Crippen LogP contribution in [-0.2, 0) is 6.42 Å². The minimum absolute atomic E-state index is 0.0801. The van der Waals surface area contributed by atoms with Gasteiger partial charge in [0, 0.05) is 18.2 Å². The number of nitrogens with one attached hydrogen (secondary N) is 2. The summed E-state index contributed by atoms with van der Waals surface area (Å²) < 4.78 is 15.1. The van der Waals surface area contributed by atoms with Crippen molar-refractivity contribution in [2.24, 2.45) is 0 Å². The molecule has 0 atom stereocenters. The van der Waals surface area contributed by atoms with Gasteiger partial charge in [-0.15, -0.1) is 0 Å². The molecule has 0 saturated heterocycles. The summed E-state index contributed by atoms with van der Waals surface area (Å²) in [5, 5.41) is 0. The molecule has 0 aromatic carbocycles. The molecule has 0 bridgehead atoms. The fourth-order valence-electron chi connectivity index (χ4n) is 1.68. The maximum absolute atomic E-state index is 11.7. The highest BCUT2D eigenvalue weighted by Gasteiger charge is 2.19. The fourth-order valence-corrected chi connectivity index (χ4v) is 1.68. The average molecular weight is 292 g/mol. The second kappa shape index (κ2) is 5.07. The molecule has 108 valence electrons. The molecule has 10 heteroatoms. The van der Waals surface area contributed by atoms with E-state index >= 15 is 0 Å². The molecule has 0 radical (unpaired) electrons. The van der Waals surface area contributed by atoms with Gasteiger partial charge in [0.25, 0.3) is 5.88 Å². The molecule has 2 N–H and O–H groups in total. The lowest BCUT2D eigenvalue weighted by Crippen LogP contribution is -2.23. The highest BCUT2D eigenvalue weighted by Crippen LogP contribution is 2.24. The topological polar surface area (TPSA) is 136 Å². The number of nitrogens with zero attached hydrogens (tertiary/aromatic N) is 2. The van der Waals surface area contributed by atoms with Crippen LogP contribution in [0.4, 0.5) is 4.79 Å². The highest BCUT2D eigenvalue weighted by molar-refractivity contribution is 5.67. The summed E-state index contributed by atoms with van der Waals surface area (Å²) in [7, 11) is 0. The maximum Gasteiger partial charge on any atom is 0.522 e. The summed E-state index contributed by atoms with van der Waals surface area (Å²) in [5.74, 6) is -0.212. The molecule has 3 heterocycles. The van der Waals surface area contributed by atoms with E-state index in [2.05, 4.69) is 19.9 Å². The van der Waals surface area contributed by atoms with E-state index in [0.717, 1.165) is 6.20 Å². The van der Waals surface area contributed by atoms with E-state index in [4.69, 9.17) is 14.2 Å². The number of aromatic amines is 2. The number of carbonyl (C=O) groups excluding carboxylic acids is 1. The van der Waals surface area contributed by atoms with Gasteiger partial charge in [-0.25, -0.2) is 19.4 Å². The van der Waals surface area contributed by atoms with Crippen LogP contribution in [0.1, 0.15) is 5.56 Å². The van der Waals surface area contributed by atoms with Gasteiger partial charge in [0.2, 0.25) is 5.88 Å². The third-order valence-corrected chi connectivity index (χ3v) is 2.59. The predicted octanol–water partition coefficient (Wildman–Crippen LogP) is -0.634. The van der Waals surface area contributed by atoms with Crippen molar-refractivity contribution < 1.29 is 19.0 Å². The van der Waals surface area contributed by atoms with E-state index < -0.39 is 17.5 Å². The van der Waals surface area contributed by atoms with Crippen molar-refractivity contribution in [1.29, 1.82) is 0 Å². The van der Waals surface area contributed by atoms with Crippen LogP contribution in [0.2, 0.25) is 0 Å². The van der Waals surface area contributed by atoms with Crippen LogP contribution >= 0.6 is 0 Å². The summed E-state index contributed by atoms with van der Waals surface area (Å²) >= 11 is 0. The van der Waals surface area contributed by atoms with E-state index in [9.17, 15) is 14.4 Å².